The summed E-state index contributed by atoms with van der Waals surface area (Å²) in [6, 6.07) is 7.05. The van der Waals surface area contributed by atoms with Gasteiger partial charge in [-0.2, -0.15) is 0 Å². The number of rotatable bonds is 6. The average Bonchev–Trinajstić information content (AvgIpc) is 2.71. The topological polar surface area (TPSA) is 93.0 Å². The third-order valence-electron chi connectivity index (χ3n) is 4.80. The first-order valence-corrected chi connectivity index (χ1v) is 9.16. The molecule has 0 spiro atoms. The number of halogens is 2. The van der Waals surface area contributed by atoms with Gasteiger partial charge in [-0.3, -0.25) is 19.7 Å². The number of benzene rings is 2. The van der Waals surface area contributed by atoms with E-state index in [9.17, 15) is 28.5 Å². The second-order valence-corrected chi connectivity index (χ2v) is 6.75. The molecule has 30 heavy (non-hydrogen) atoms. The van der Waals surface area contributed by atoms with Crippen molar-refractivity contribution in [2.45, 2.75) is 6.92 Å². The summed E-state index contributed by atoms with van der Waals surface area (Å²) in [5, 5.41) is 11.0. The molecule has 10 heteroatoms. The van der Waals surface area contributed by atoms with Crippen molar-refractivity contribution in [3.63, 3.8) is 0 Å². The summed E-state index contributed by atoms with van der Waals surface area (Å²) in [6.45, 7) is 2.19. The zero-order chi connectivity index (χ0) is 21.8. The highest BCUT2D eigenvalue weighted by Crippen LogP contribution is 2.27. The highest BCUT2D eigenvalue weighted by Gasteiger charge is 2.24. The van der Waals surface area contributed by atoms with Crippen LogP contribution in [0, 0.1) is 21.7 Å². The fraction of sp³-hybridized carbons (Fsp3) is 0.300. The quantitative estimate of drug-likeness (QED) is 0.406. The highest BCUT2D eigenvalue weighted by atomic mass is 19.1. The predicted molar refractivity (Wildman–Crippen MR) is 104 cm³/mol. The van der Waals surface area contributed by atoms with Crippen LogP contribution in [-0.4, -0.2) is 54.3 Å². The number of Topliss-reactive ketones (excluding diaryl/α,β-unsaturated/α-hetero) is 1. The molecule has 0 aliphatic carbocycles. The van der Waals surface area contributed by atoms with E-state index in [1.54, 1.807) is 11.0 Å². The Hall–Kier alpha value is -3.56. The van der Waals surface area contributed by atoms with Crippen LogP contribution in [0.5, 0.6) is 5.75 Å². The van der Waals surface area contributed by atoms with Crippen molar-refractivity contribution < 1.29 is 28.0 Å². The molecule has 158 valence electrons. The minimum Gasteiger partial charge on any atom is -0.477 e. The number of hydrogen-bond acceptors (Lipinski definition) is 6. The van der Waals surface area contributed by atoms with E-state index >= 15 is 0 Å². The smallest absolute Gasteiger partial charge is 0.311 e. The molecule has 1 heterocycles. The highest BCUT2D eigenvalue weighted by molar-refractivity contribution is 5.94. The Balaban J connectivity index is 1.58. The van der Waals surface area contributed by atoms with Gasteiger partial charge in [0.15, 0.2) is 12.4 Å². The molecule has 8 nitrogen and oxygen atoms in total. The van der Waals surface area contributed by atoms with Crippen molar-refractivity contribution in [1.29, 1.82) is 0 Å². The minimum absolute atomic E-state index is 0.227. The lowest BCUT2D eigenvalue weighted by molar-refractivity contribution is -0.385. The summed E-state index contributed by atoms with van der Waals surface area (Å²) in [5.74, 6) is -2.19. The Labute approximate surface area is 170 Å². The number of carbonyl (C=O) groups excluding carboxylic acids is 2. The van der Waals surface area contributed by atoms with Gasteiger partial charge in [0.25, 0.3) is 5.91 Å². The van der Waals surface area contributed by atoms with Crippen molar-refractivity contribution in [1.82, 2.24) is 4.90 Å². The molecule has 0 radical (unpaired) electrons. The van der Waals surface area contributed by atoms with E-state index in [0.717, 1.165) is 18.2 Å². The number of anilines is 1. The molecule has 1 aliphatic heterocycles. The van der Waals surface area contributed by atoms with Crippen LogP contribution in [0.1, 0.15) is 17.3 Å². The molecule has 0 saturated carbocycles. The van der Waals surface area contributed by atoms with Crippen molar-refractivity contribution in [3.8, 4) is 5.75 Å². The van der Waals surface area contributed by atoms with Crippen LogP contribution in [0.15, 0.2) is 36.4 Å². The number of nitro benzene ring substituents is 1. The number of amides is 1. The molecule has 1 amide bonds. The summed E-state index contributed by atoms with van der Waals surface area (Å²) in [5.41, 5.74) is 0.200. The molecular formula is C20H19F2N3O5. The van der Waals surface area contributed by atoms with Gasteiger partial charge in [0, 0.05) is 43.9 Å². The van der Waals surface area contributed by atoms with E-state index in [2.05, 4.69) is 0 Å². The van der Waals surface area contributed by atoms with Gasteiger partial charge >= 0.3 is 5.69 Å². The van der Waals surface area contributed by atoms with Gasteiger partial charge in [-0.05, 0) is 31.2 Å². The van der Waals surface area contributed by atoms with E-state index in [-0.39, 0.29) is 17.1 Å². The van der Waals surface area contributed by atoms with Crippen molar-refractivity contribution in [2.75, 3.05) is 37.7 Å². The third kappa shape index (κ3) is 4.70. The molecule has 0 N–H and O–H groups in total. The van der Waals surface area contributed by atoms with Crippen molar-refractivity contribution in [3.05, 3.63) is 63.7 Å². The molecule has 1 saturated heterocycles. The van der Waals surface area contributed by atoms with Crippen LogP contribution in [-0.2, 0) is 4.79 Å². The lowest BCUT2D eigenvalue weighted by Gasteiger charge is -2.36. The Morgan fingerprint density at radius 2 is 1.80 bits per heavy atom. The molecule has 0 aromatic heterocycles. The standard InChI is InChI=1S/C20H19F2N3O5/c1-13(26)14-2-4-17(16(22)10-14)23-6-8-24(9-7-23)20(27)12-30-19-11-15(21)3-5-18(19)25(28)29/h2-5,10-11H,6-9,12H2,1H3. The van der Waals surface area contributed by atoms with Gasteiger partial charge in [-0.1, -0.05) is 0 Å². The Morgan fingerprint density at radius 1 is 1.10 bits per heavy atom. The molecule has 1 fully saturated rings. The third-order valence-corrected chi connectivity index (χ3v) is 4.80. The van der Waals surface area contributed by atoms with Gasteiger partial charge in [0.1, 0.15) is 11.6 Å². The monoisotopic (exact) mass is 419 g/mol. The fourth-order valence-electron chi connectivity index (χ4n) is 3.16. The maximum atomic E-state index is 14.3. The Bertz CT molecular complexity index is 990. The van der Waals surface area contributed by atoms with E-state index in [1.807, 2.05) is 0 Å². The minimum atomic E-state index is -0.718. The van der Waals surface area contributed by atoms with Crippen LogP contribution in [0.25, 0.3) is 0 Å². The number of ketones is 1. The fourth-order valence-corrected chi connectivity index (χ4v) is 3.16. The second kappa shape index (κ2) is 8.85. The maximum absolute atomic E-state index is 14.3. The molecule has 3 rings (SSSR count). The van der Waals surface area contributed by atoms with Gasteiger partial charge in [-0.25, -0.2) is 8.78 Å². The summed E-state index contributed by atoms with van der Waals surface area (Å²) < 4.78 is 32.8. The lowest BCUT2D eigenvalue weighted by Crippen LogP contribution is -2.50. The molecule has 2 aromatic rings. The average molecular weight is 419 g/mol. The predicted octanol–water partition coefficient (Wildman–Crippen LogP) is 2.80. The molecule has 1 aliphatic rings. The zero-order valence-electron chi connectivity index (χ0n) is 16.1. The van der Waals surface area contributed by atoms with Crippen LogP contribution >= 0.6 is 0 Å². The molecule has 2 aromatic carbocycles. The van der Waals surface area contributed by atoms with Crippen LogP contribution < -0.4 is 9.64 Å². The number of carbonyl (C=O) groups is 2. The van der Waals surface area contributed by atoms with Crippen LogP contribution in [0.3, 0.4) is 0 Å². The summed E-state index contributed by atoms with van der Waals surface area (Å²) in [4.78, 5) is 37.2. The van der Waals surface area contributed by atoms with Crippen LogP contribution in [0.2, 0.25) is 0 Å². The van der Waals surface area contributed by atoms with Gasteiger partial charge in [-0.15, -0.1) is 0 Å². The second-order valence-electron chi connectivity index (χ2n) is 6.75. The summed E-state index contributed by atoms with van der Waals surface area (Å²) in [6.07, 6.45) is 0. The molecule has 0 bridgehead atoms. The number of nitrogens with zero attached hydrogens (tertiary/aromatic N) is 3. The van der Waals surface area contributed by atoms with Crippen molar-refractivity contribution >= 4 is 23.1 Å². The van der Waals surface area contributed by atoms with Crippen molar-refractivity contribution in [2.24, 2.45) is 0 Å². The number of nitro groups is 1. The zero-order valence-corrected chi connectivity index (χ0v) is 16.1. The summed E-state index contributed by atoms with van der Waals surface area (Å²) >= 11 is 0. The first-order valence-electron chi connectivity index (χ1n) is 9.16. The molecule has 0 unspecified atom stereocenters. The first kappa shape index (κ1) is 21.2. The van der Waals surface area contributed by atoms with E-state index in [0.29, 0.717) is 31.9 Å². The SMILES string of the molecule is CC(=O)c1ccc(N2CCN(C(=O)COc3cc(F)ccc3[N+](=O)[O-])CC2)c(F)c1. The maximum Gasteiger partial charge on any atom is 0.311 e. The number of hydrogen-bond donors (Lipinski definition) is 0. The van der Waals surface area contributed by atoms with Gasteiger partial charge in [0.2, 0.25) is 5.75 Å². The Kier molecular flexibility index (Phi) is 6.24. The summed E-state index contributed by atoms with van der Waals surface area (Å²) in [7, 11) is 0. The number of piperazine rings is 1. The van der Waals surface area contributed by atoms with Gasteiger partial charge in [0.05, 0.1) is 10.6 Å². The van der Waals surface area contributed by atoms with Crippen LogP contribution in [0.4, 0.5) is 20.2 Å². The molecular weight excluding hydrogens is 400 g/mol. The molecule has 0 atom stereocenters. The normalized spacial score (nSPS) is 13.8. The Morgan fingerprint density at radius 3 is 2.40 bits per heavy atom. The number of ether oxygens (including phenoxy) is 1. The van der Waals surface area contributed by atoms with E-state index in [4.69, 9.17) is 4.74 Å². The largest absolute Gasteiger partial charge is 0.477 e. The first-order chi connectivity index (χ1) is 14.3. The lowest BCUT2D eigenvalue weighted by atomic mass is 10.1. The van der Waals surface area contributed by atoms with Gasteiger partial charge < -0.3 is 14.5 Å². The van der Waals surface area contributed by atoms with E-state index in [1.165, 1.54) is 24.0 Å². The van der Waals surface area contributed by atoms with E-state index < -0.39 is 34.8 Å².